The Hall–Kier alpha value is -3.26. The molecular weight excluding hydrogens is 646 g/mol. The van der Waals surface area contributed by atoms with E-state index in [-0.39, 0.29) is 29.8 Å². The van der Waals surface area contributed by atoms with Crippen molar-refractivity contribution in [1.82, 2.24) is 9.47 Å². The van der Waals surface area contributed by atoms with E-state index < -0.39 is 29.0 Å². The van der Waals surface area contributed by atoms with E-state index in [1.165, 1.54) is 33.4 Å². The number of thioether (sulfide) groups is 1. The monoisotopic (exact) mass is 671 g/mol. The number of carbonyl (C=O) groups is 4. The van der Waals surface area contributed by atoms with Gasteiger partial charge in [0.25, 0.3) is 0 Å². The van der Waals surface area contributed by atoms with Crippen molar-refractivity contribution in [2.75, 3.05) is 37.8 Å². The Morgan fingerprint density at radius 2 is 1.69 bits per heavy atom. The highest BCUT2D eigenvalue weighted by molar-refractivity contribution is 9.10. The van der Waals surface area contributed by atoms with E-state index in [2.05, 4.69) is 15.9 Å². The molecule has 0 spiro atoms. The number of thiazole rings is 1. The number of halogens is 1. The quantitative estimate of drug-likeness (QED) is 0.289. The fourth-order valence-corrected chi connectivity index (χ4v) is 8.59. The Labute approximate surface area is 257 Å². The molecule has 2 aromatic carbocycles. The minimum absolute atomic E-state index is 0.150. The van der Waals surface area contributed by atoms with Crippen molar-refractivity contribution >= 4 is 68.4 Å². The predicted molar refractivity (Wildman–Crippen MR) is 160 cm³/mol. The van der Waals surface area contributed by atoms with Crippen LogP contribution in [0.2, 0.25) is 0 Å². The zero-order valence-electron chi connectivity index (χ0n) is 22.5. The Bertz CT molecular complexity index is 1610. The molecule has 3 aromatic rings. The summed E-state index contributed by atoms with van der Waals surface area (Å²) in [5.41, 5.74) is 1.46. The van der Waals surface area contributed by atoms with Gasteiger partial charge in [-0.2, -0.15) is 0 Å². The molecule has 0 saturated carbocycles. The molecule has 0 bridgehead atoms. The van der Waals surface area contributed by atoms with Gasteiger partial charge in [0.1, 0.15) is 11.8 Å². The number of benzene rings is 2. The Balaban J connectivity index is 1.38. The topological polar surface area (TPSA) is 115 Å². The second-order valence-corrected chi connectivity index (χ2v) is 13.0. The number of esters is 1. The van der Waals surface area contributed by atoms with Gasteiger partial charge in [0, 0.05) is 28.4 Å². The second-order valence-electron chi connectivity index (χ2n) is 9.99. The van der Waals surface area contributed by atoms with Crippen molar-refractivity contribution in [1.29, 1.82) is 0 Å². The normalized spacial score (nSPS) is 21.7. The molecule has 42 heavy (non-hydrogen) atoms. The minimum Gasteiger partial charge on any atom is -0.462 e. The third-order valence-corrected chi connectivity index (χ3v) is 10.7. The molecule has 3 amide bonds. The van der Waals surface area contributed by atoms with Crippen molar-refractivity contribution in [3.63, 3.8) is 0 Å². The van der Waals surface area contributed by atoms with Gasteiger partial charge in [-0.3, -0.25) is 23.7 Å². The number of hydrogen-bond acceptors (Lipinski definition) is 9. The van der Waals surface area contributed by atoms with Crippen molar-refractivity contribution in [3.05, 3.63) is 78.7 Å². The summed E-state index contributed by atoms with van der Waals surface area (Å²) in [6.45, 7) is 3.59. The number of hydrogen-bond donors (Lipinski definition) is 0. The summed E-state index contributed by atoms with van der Waals surface area (Å²) in [5, 5.41) is -0.261. The molecule has 10 nitrogen and oxygen atoms in total. The number of fused-ring (bicyclic) bond motifs is 2. The van der Waals surface area contributed by atoms with Gasteiger partial charge in [-0.05, 0) is 48.9 Å². The number of carbonyl (C=O) groups excluding carboxylic acids is 4. The minimum atomic E-state index is -0.804. The summed E-state index contributed by atoms with van der Waals surface area (Å²) in [6.07, 6.45) is 0. The van der Waals surface area contributed by atoms with Gasteiger partial charge in [-0.1, -0.05) is 51.2 Å². The standard InChI is InChI=1S/C29H26BrN3O7S2/c1-2-40-28(37)17-5-9-19(10-6-17)33-25(35)22-21(16-3-7-18(30)8-4-16)24-27(41-23(22)26(33)36)32(29(38)42-24)15-20(34)31-11-13-39-14-12-31/h3-10,21-23H,2,11-15H2,1H3/t21-,22-,23+/m0/s1. The summed E-state index contributed by atoms with van der Waals surface area (Å²) in [4.78, 5) is 69.7. The highest BCUT2D eigenvalue weighted by Crippen LogP contribution is 2.54. The fourth-order valence-electron chi connectivity index (χ4n) is 5.55. The molecule has 218 valence electrons. The average molecular weight is 673 g/mol. The van der Waals surface area contributed by atoms with Crippen LogP contribution in [0.4, 0.5) is 5.69 Å². The number of amides is 3. The molecule has 4 heterocycles. The van der Waals surface area contributed by atoms with E-state index in [9.17, 15) is 24.0 Å². The first-order valence-electron chi connectivity index (χ1n) is 13.4. The first kappa shape index (κ1) is 28.8. The van der Waals surface area contributed by atoms with Gasteiger partial charge in [0.15, 0.2) is 0 Å². The Morgan fingerprint density at radius 1 is 1.00 bits per heavy atom. The molecule has 13 heteroatoms. The van der Waals surface area contributed by atoms with Crippen molar-refractivity contribution in [3.8, 4) is 0 Å². The largest absolute Gasteiger partial charge is 0.462 e. The molecule has 2 fully saturated rings. The summed E-state index contributed by atoms with van der Waals surface area (Å²) >= 11 is 5.65. The third-order valence-electron chi connectivity index (χ3n) is 7.57. The Morgan fingerprint density at radius 3 is 2.36 bits per heavy atom. The number of anilines is 1. The maximum atomic E-state index is 14.0. The highest BCUT2D eigenvalue weighted by Gasteiger charge is 2.56. The van der Waals surface area contributed by atoms with Crippen LogP contribution in [-0.2, 0) is 30.4 Å². The molecule has 0 radical (unpaired) electrons. The summed E-state index contributed by atoms with van der Waals surface area (Å²) in [7, 11) is 0. The number of nitrogens with zero attached hydrogens (tertiary/aromatic N) is 3. The first-order valence-corrected chi connectivity index (χ1v) is 15.9. The second kappa shape index (κ2) is 11.8. The first-order chi connectivity index (χ1) is 20.3. The lowest BCUT2D eigenvalue weighted by atomic mass is 9.83. The van der Waals surface area contributed by atoms with Gasteiger partial charge in [-0.25, -0.2) is 9.69 Å². The number of aromatic nitrogens is 1. The lowest BCUT2D eigenvalue weighted by molar-refractivity contribution is -0.136. The molecule has 1 aromatic heterocycles. The molecule has 0 unspecified atom stereocenters. The van der Waals surface area contributed by atoms with Gasteiger partial charge in [0.2, 0.25) is 17.7 Å². The highest BCUT2D eigenvalue weighted by atomic mass is 79.9. The smallest absolute Gasteiger partial charge is 0.338 e. The van der Waals surface area contributed by atoms with Gasteiger partial charge in [0.05, 0.1) is 42.0 Å². The van der Waals surface area contributed by atoms with E-state index >= 15 is 0 Å². The molecule has 0 aliphatic carbocycles. The predicted octanol–water partition coefficient (Wildman–Crippen LogP) is 3.50. The van der Waals surface area contributed by atoms with Crippen LogP contribution in [0.25, 0.3) is 0 Å². The molecule has 0 N–H and O–H groups in total. The van der Waals surface area contributed by atoms with Crippen LogP contribution in [-0.4, -0.2) is 71.3 Å². The summed E-state index contributed by atoms with van der Waals surface area (Å²) < 4.78 is 12.7. The molecule has 3 aliphatic heterocycles. The van der Waals surface area contributed by atoms with E-state index in [1.54, 1.807) is 24.0 Å². The summed E-state index contributed by atoms with van der Waals surface area (Å²) in [6, 6.07) is 13.7. The molecule has 3 atom stereocenters. The zero-order valence-corrected chi connectivity index (χ0v) is 25.7. The van der Waals surface area contributed by atoms with Crippen LogP contribution in [0.1, 0.15) is 33.6 Å². The van der Waals surface area contributed by atoms with E-state index in [0.29, 0.717) is 47.5 Å². The molecule has 6 rings (SSSR count). The fraction of sp³-hybridized carbons (Fsp3) is 0.345. The zero-order chi connectivity index (χ0) is 29.5. The van der Waals surface area contributed by atoms with E-state index in [0.717, 1.165) is 21.4 Å². The van der Waals surface area contributed by atoms with Crippen molar-refractivity contribution in [2.45, 2.75) is 29.7 Å². The SMILES string of the molecule is CCOC(=O)c1ccc(N2C(=O)[C@H]3[C@H](c4ccc(Br)cc4)c4sc(=O)n(CC(=O)N5CCOCC5)c4S[C@H]3C2=O)cc1. The van der Waals surface area contributed by atoms with E-state index in [1.807, 2.05) is 24.3 Å². The van der Waals surface area contributed by atoms with Crippen LogP contribution in [0.5, 0.6) is 0 Å². The average Bonchev–Trinajstić information content (AvgIpc) is 3.44. The van der Waals surface area contributed by atoms with Gasteiger partial charge < -0.3 is 14.4 Å². The third kappa shape index (κ3) is 5.12. The maximum absolute atomic E-state index is 14.0. The number of imide groups is 1. The van der Waals surface area contributed by atoms with Crippen LogP contribution in [0.3, 0.4) is 0 Å². The molecular formula is C29H26BrN3O7S2. The number of ether oxygens (including phenoxy) is 2. The number of morpholine rings is 1. The maximum Gasteiger partial charge on any atom is 0.338 e. The van der Waals surface area contributed by atoms with Gasteiger partial charge >= 0.3 is 10.8 Å². The van der Waals surface area contributed by atoms with E-state index in [4.69, 9.17) is 9.47 Å². The van der Waals surface area contributed by atoms with Crippen LogP contribution < -0.4 is 9.77 Å². The van der Waals surface area contributed by atoms with Crippen LogP contribution >= 0.6 is 39.0 Å². The van der Waals surface area contributed by atoms with Crippen LogP contribution in [0, 0.1) is 5.92 Å². The molecule has 2 saturated heterocycles. The van der Waals surface area contributed by atoms with Crippen LogP contribution in [0.15, 0.2) is 62.8 Å². The number of rotatable bonds is 6. The summed E-state index contributed by atoms with van der Waals surface area (Å²) in [5.74, 6) is -2.79. The van der Waals surface area contributed by atoms with Crippen molar-refractivity contribution < 1.29 is 28.7 Å². The lowest BCUT2D eigenvalue weighted by Crippen LogP contribution is -2.43. The lowest BCUT2D eigenvalue weighted by Gasteiger charge is -2.31. The molecule has 3 aliphatic rings. The Kier molecular flexibility index (Phi) is 8.09. The van der Waals surface area contributed by atoms with Gasteiger partial charge in [-0.15, -0.1) is 0 Å². The van der Waals surface area contributed by atoms with Crippen molar-refractivity contribution in [2.24, 2.45) is 5.92 Å².